The van der Waals surface area contributed by atoms with Gasteiger partial charge in [-0.1, -0.05) is 40.0 Å². The van der Waals surface area contributed by atoms with E-state index in [0.717, 1.165) is 38.5 Å². The molecule has 0 aromatic heterocycles. The lowest BCUT2D eigenvalue weighted by Crippen LogP contribution is -2.44. The molecule has 0 heterocycles. The van der Waals surface area contributed by atoms with Crippen LogP contribution >= 0.6 is 0 Å². The molecule has 0 aromatic carbocycles. The third-order valence-corrected chi connectivity index (χ3v) is 4.52. The first-order valence-electron chi connectivity index (χ1n) is 8.14. The SMILES string of the molecule is CCCCC(CCC)NC(=O)C1CCC(C)C(N)C1. The number of unbranched alkanes of at least 4 members (excludes halogenated alkanes) is 1. The maximum absolute atomic E-state index is 12.3. The van der Waals surface area contributed by atoms with Gasteiger partial charge in [0.25, 0.3) is 0 Å². The Balaban J connectivity index is 2.42. The lowest BCUT2D eigenvalue weighted by molar-refractivity contribution is -0.127. The zero-order valence-electron chi connectivity index (χ0n) is 13.0. The molecular formula is C16H32N2O. The predicted molar refractivity (Wildman–Crippen MR) is 80.8 cm³/mol. The van der Waals surface area contributed by atoms with Gasteiger partial charge in [-0.2, -0.15) is 0 Å². The first-order valence-corrected chi connectivity index (χ1v) is 8.14. The number of amides is 1. The van der Waals surface area contributed by atoms with Gasteiger partial charge in [0.2, 0.25) is 5.91 Å². The maximum atomic E-state index is 12.3. The largest absolute Gasteiger partial charge is 0.353 e. The summed E-state index contributed by atoms with van der Waals surface area (Å²) < 4.78 is 0. The van der Waals surface area contributed by atoms with Gasteiger partial charge < -0.3 is 11.1 Å². The minimum atomic E-state index is 0.146. The number of rotatable bonds is 7. The Morgan fingerprint density at radius 3 is 2.58 bits per heavy atom. The summed E-state index contributed by atoms with van der Waals surface area (Å²) in [6.45, 7) is 6.58. The summed E-state index contributed by atoms with van der Waals surface area (Å²) in [7, 11) is 0. The Kier molecular flexibility index (Phi) is 7.44. The van der Waals surface area contributed by atoms with Crippen molar-refractivity contribution in [2.75, 3.05) is 0 Å². The summed E-state index contributed by atoms with van der Waals surface area (Å²) in [4.78, 5) is 12.3. The van der Waals surface area contributed by atoms with Gasteiger partial charge in [-0.15, -0.1) is 0 Å². The van der Waals surface area contributed by atoms with Crippen LogP contribution in [0, 0.1) is 11.8 Å². The van der Waals surface area contributed by atoms with E-state index in [9.17, 15) is 4.79 Å². The zero-order valence-corrected chi connectivity index (χ0v) is 13.0. The van der Waals surface area contributed by atoms with Crippen molar-refractivity contribution in [1.82, 2.24) is 5.32 Å². The van der Waals surface area contributed by atoms with Gasteiger partial charge in [-0.25, -0.2) is 0 Å². The highest BCUT2D eigenvalue weighted by molar-refractivity contribution is 5.79. The molecular weight excluding hydrogens is 236 g/mol. The van der Waals surface area contributed by atoms with Gasteiger partial charge >= 0.3 is 0 Å². The Bertz CT molecular complexity index is 267. The predicted octanol–water partition coefficient (Wildman–Crippen LogP) is 3.23. The molecule has 4 unspecified atom stereocenters. The molecule has 1 saturated carbocycles. The molecule has 112 valence electrons. The molecule has 4 atom stereocenters. The zero-order chi connectivity index (χ0) is 14.3. The van der Waals surface area contributed by atoms with Gasteiger partial charge in [-0.05, 0) is 38.0 Å². The molecule has 0 spiro atoms. The minimum absolute atomic E-state index is 0.146. The summed E-state index contributed by atoms with van der Waals surface area (Å²) in [6, 6.07) is 0.567. The smallest absolute Gasteiger partial charge is 0.223 e. The monoisotopic (exact) mass is 268 g/mol. The molecule has 1 fully saturated rings. The molecule has 1 rings (SSSR count). The number of nitrogens with two attached hydrogens (primary N) is 1. The summed E-state index contributed by atoms with van der Waals surface area (Å²) in [5.41, 5.74) is 6.10. The molecule has 3 heteroatoms. The van der Waals surface area contributed by atoms with E-state index in [1.165, 1.54) is 12.8 Å². The van der Waals surface area contributed by atoms with Gasteiger partial charge in [0.1, 0.15) is 0 Å². The number of hydrogen-bond acceptors (Lipinski definition) is 2. The number of carbonyl (C=O) groups is 1. The summed E-state index contributed by atoms with van der Waals surface area (Å²) in [5, 5.41) is 3.26. The van der Waals surface area contributed by atoms with E-state index >= 15 is 0 Å². The standard InChI is InChI=1S/C16H32N2O/c1-4-6-8-14(7-5-2)18-16(19)13-10-9-12(3)15(17)11-13/h12-15H,4-11,17H2,1-3H3,(H,18,19). The van der Waals surface area contributed by atoms with Crippen molar-refractivity contribution >= 4 is 5.91 Å². The molecule has 0 saturated heterocycles. The average Bonchev–Trinajstić information content (AvgIpc) is 2.39. The molecule has 1 aliphatic carbocycles. The summed E-state index contributed by atoms with van der Waals surface area (Å²) in [6.07, 6.45) is 8.70. The van der Waals surface area contributed by atoms with Crippen molar-refractivity contribution in [3.05, 3.63) is 0 Å². The second-order valence-electron chi connectivity index (χ2n) is 6.29. The van der Waals surface area contributed by atoms with Crippen molar-refractivity contribution in [2.45, 2.75) is 84.2 Å². The van der Waals surface area contributed by atoms with Crippen molar-refractivity contribution in [3.8, 4) is 0 Å². The second kappa shape index (κ2) is 8.57. The number of hydrogen-bond donors (Lipinski definition) is 2. The fraction of sp³-hybridized carbons (Fsp3) is 0.938. The van der Waals surface area contributed by atoms with E-state index in [0.29, 0.717) is 12.0 Å². The van der Waals surface area contributed by atoms with Crippen LogP contribution in [0.15, 0.2) is 0 Å². The van der Waals surface area contributed by atoms with Gasteiger partial charge in [0.05, 0.1) is 0 Å². The Morgan fingerprint density at radius 1 is 1.26 bits per heavy atom. The average molecular weight is 268 g/mol. The fourth-order valence-electron chi connectivity index (χ4n) is 3.00. The molecule has 19 heavy (non-hydrogen) atoms. The van der Waals surface area contributed by atoms with Crippen LogP contribution in [0.1, 0.15) is 72.1 Å². The minimum Gasteiger partial charge on any atom is -0.353 e. The van der Waals surface area contributed by atoms with E-state index in [-0.39, 0.29) is 17.9 Å². The van der Waals surface area contributed by atoms with Crippen LogP contribution < -0.4 is 11.1 Å². The molecule has 0 aliphatic heterocycles. The summed E-state index contributed by atoms with van der Waals surface area (Å²) >= 11 is 0. The highest BCUT2D eigenvalue weighted by Gasteiger charge is 2.30. The van der Waals surface area contributed by atoms with Gasteiger partial charge in [-0.3, -0.25) is 4.79 Å². The highest BCUT2D eigenvalue weighted by atomic mass is 16.1. The van der Waals surface area contributed by atoms with Crippen LogP contribution in [0.25, 0.3) is 0 Å². The first-order chi connectivity index (χ1) is 9.08. The topological polar surface area (TPSA) is 55.1 Å². The van der Waals surface area contributed by atoms with Crippen LogP contribution in [0.3, 0.4) is 0 Å². The van der Waals surface area contributed by atoms with Crippen LogP contribution in [-0.2, 0) is 4.79 Å². The van der Waals surface area contributed by atoms with E-state index in [2.05, 4.69) is 26.1 Å². The molecule has 0 radical (unpaired) electrons. The van der Waals surface area contributed by atoms with Crippen molar-refractivity contribution < 1.29 is 4.79 Å². The highest BCUT2D eigenvalue weighted by Crippen LogP contribution is 2.28. The third-order valence-electron chi connectivity index (χ3n) is 4.52. The molecule has 0 aromatic rings. The molecule has 1 aliphatic rings. The van der Waals surface area contributed by atoms with Gasteiger partial charge in [0, 0.05) is 18.0 Å². The molecule has 3 nitrogen and oxygen atoms in total. The molecule has 0 bridgehead atoms. The van der Waals surface area contributed by atoms with E-state index in [1.54, 1.807) is 0 Å². The van der Waals surface area contributed by atoms with Crippen LogP contribution in [0.5, 0.6) is 0 Å². The summed E-state index contributed by atoms with van der Waals surface area (Å²) in [5.74, 6) is 0.958. The molecule has 3 N–H and O–H groups in total. The van der Waals surface area contributed by atoms with Crippen molar-refractivity contribution in [3.63, 3.8) is 0 Å². The lowest BCUT2D eigenvalue weighted by Gasteiger charge is -2.32. The van der Waals surface area contributed by atoms with E-state index in [1.807, 2.05) is 0 Å². The first kappa shape index (κ1) is 16.5. The van der Waals surface area contributed by atoms with Gasteiger partial charge in [0.15, 0.2) is 0 Å². The Hall–Kier alpha value is -0.570. The van der Waals surface area contributed by atoms with Crippen molar-refractivity contribution in [1.29, 1.82) is 0 Å². The lowest BCUT2D eigenvalue weighted by atomic mass is 9.79. The normalized spacial score (nSPS) is 28.9. The molecule has 1 amide bonds. The Morgan fingerprint density at radius 2 is 2.00 bits per heavy atom. The van der Waals surface area contributed by atoms with E-state index in [4.69, 9.17) is 5.73 Å². The second-order valence-corrected chi connectivity index (χ2v) is 6.29. The van der Waals surface area contributed by atoms with Crippen LogP contribution in [-0.4, -0.2) is 18.0 Å². The maximum Gasteiger partial charge on any atom is 0.223 e. The number of carbonyl (C=O) groups excluding carboxylic acids is 1. The quantitative estimate of drug-likeness (QED) is 0.745. The third kappa shape index (κ3) is 5.52. The number of nitrogens with one attached hydrogen (secondary N) is 1. The van der Waals surface area contributed by atoms with Crippen molar-refractivity contribution in [2.24, 2.45) is 17.6 Å². The van der Waals surface area contributed by atoms with Crippen LogP contribution in [0.2, 0.25) is 0 Å². The van der Waals surface area contributed by atoms with Crippen LogP contribution in [0.4, 0.5) is 0 Å². The fourth-order valence-corrected chi connectivity index (χ4v) is 3.00. The Labute approximate surface area is 118 Å². The van der Waals surface area contributed by atoms with E-state index < -0.39 is 0 Å².